The molecular formula is C20H20F3NO2. The first-order valence-corrected chi connectivity index (χ1v) is 8.27. The number of carbonyl (C=O) groups excluding carboxylic acids is 1. The monoisotopic (exact) mass is 363 g/mol. The number of carbonyl (C=O) groups is 1. The number of methoxy groups -OCH3 is 1. The lowest BCUT2D eigenvalue weighted by molar-refractivity contribution is -0.137. The summed E-state index contributed by atoms with van der Waals surface area (Å²) in [5, 5.41) is 2.63. The Balaban J connectivity index is 1.84. The maximum absolute atomic E-state index is 13.0. The van der Waals surface area contributed by atoms with Crippen LogP contribution in [0.2, 0.25) is 0 Å². The molecule has 0 spiro atoms. The van der Waals surface area contributed by atoms with Gasteiger partial charge in [0.05, 0.1) is 24.3 Å². The van der Waals surface area contributed by atoms with Crippen LogP contribution in [0.1, 0.15) is 30.9 Å². The number of alkyl halides is 3. The Labute approximate surface area is 150 Å². The third kappa shape index (κ3) is 3.28. The number of amides is 1. The van der Waals surface area contributed by atoms with Gasteiger partial charge in [0.25, 0.3) is 0 Å². The second-order valence-electron chi connectivity index (χ2n) is 7.09. The summed E-state index contributed by atoms with van der Waals surface area (Å²) in [5.41, 5.74) is -0.0147. The molecule has 2 atom stereocenters. The van der Waals surface area contributed by atoms with Gasteiger partial charge in [-0.3, -0.25) is 4.79 Å². The van der Waals surface area contributed by atoms with E-state index in [4.69, 9.17) is 4.74 Å². The van der Waals surface area contributed by atoms with Crippen LogP contribution < -0.4 is 10.1 Å². The summed E-state index contributed by atoms with van der Waals surface area (Å²) in [6, 6.07) is 12.7. The second kappa shape index (κ2) is 6.34. The van der Waals surface area contributed by atoms with Crippen molar-refractivity contribution in [1.29, 1.82) is 0 Å². The summed E-state index contributed by atoms with van der Waals surface area (Å²) in [5.74, 6) is -0.396. The normalized spacial score (nSPS) is 21.2. The molecule has 0 unspecified atom stereocenters. The molecule has 0 aliphatic heterocycles. The van der Waals surface area contributed by atoms with Crippen molar-refractivity contribution >= 4 is 11.6 Å². The molecule has 2 aromatic rings. The molecule has 3 nitrogen and oxygen atoms in total. The summed E-state index contributed by atoms with van der Waals surface area (Å²) in [7, 11) is 1.35. The molecule has 138 valence electrons. The van der Waals surface area contributed by atoms with E-state index in [9.17, 15) is 18.0 Å². The van der Waals surface area contributed by atoms with Gasteiger partial charge in [-0.2, -0.15) is 13.2 Å². The van der Waals surface area contributed by atoms with Crippen LogP contribution in [0.25, 0.3) is 0 Å². The van der Waals surface area contributed by atoms with Crippen LogP contribution in [-0.4, -0.2) is 13.0 Å². The van der Waals surface area contributed by atoms with E-state index in [0.29, 0.717) is 0 Å². The smallest absolute Gasteiger partial charge is 0.416 e. The van der Waals surface area contributed by atoms with Gasteiger partial charge in [0.1, 0.15) is 5.75 Å². The average Bonchev–Trinajstić information content (AvgIpc) is 3.17. The number of hydrogen-bond acceptors (Lipinski definition) is 2. The van der Waals surface area contributed by atoms with Gasteiger partial charge in [0.15, 0.2) is 0 Å². The van der Waals surface area contributed by atoms with Crippen LogP contribution in [0.4, 0.5) is 18.9 Å². The number of rotatable bonds is 4. The number of anilines is 1. The summed E-state index contributed by atoms with van der Waals surface area (Å²) in [6.45, 7) is 3.97. The molecule has 0 heterocycles. The number of halogens is 3. The number of ether oxygens (including phenoxy) is 1. The van der Waals surface area contributed by atoms with Gasteiger partial charge in [0.2, 0.25) is 5.91 Å². The van der Waals surface area contributed by atoms with Crippen molar-refractivity contribution < 1.29 is 22.7 Å². The van der Waals surface area contributed by atoms with E-state index in [1.165, 1.54) is 13.2 Å². The molecule has 2 aromatic carbocycles. The van der Waals surface area contributed by atoms with Crippen LogP contribution in [-0.2, 0) is 11.0 Å². The second-order valence-corrected chi connectivity index (χ2v) is 7.09. The minimum Gasteiger partial charge on any atom is -0.495 e. The van der Waals surface area contributed by atoms with Gasteiger partial charge in [-0.15, -0.1) is 0 Å². The Kier molecular flexibility index (Phi) is 4.46. The lowest BCUT2D eigenvalue weighted by Gasteiger charge is -2.14. The maximum Gasteiger partial charge on any atom is 0.416 e. The van der Waals surface area contributed by atoms with Crippen molar-refractivity contribution in [1.82, 2.24) is 0 Å². The number of nitrogens with one attached hydrogen (secondary N) is 1. The van der Waals surface area contributed by atoms with E-state index in [0.717, 1.165) is 17.7 Å². The summed E-state index contributed by atoms with van der Waals surface area (Å²) in [4.78, 5) is 12.8. The van der Waals surface area contributed by atoms with Crippen LogP contribution in [0.3, 0.4) is 0 Å². The molecule has 0 saturated heterocycles. The summed E-state index contributed by atoms with van der Waals surface area (Å²) >= 11 is 0. The van der Waals surface area contributed by atoms with E-state index in [1.807, 2.05) is 44.2 Å². The summed E-state index contributed by atoms with van der Waals surface area (Å²) in [6.07, 6.45) is -4.49. The molecule has 1 amide bonds. The van der Waals surface area contributed by atoms with Gasteiger partial charge in [-0.25, -0.2) is 0 Å². The Morgan fingerprint density at radius 2 is 1.77 bits per heavy atom. The lowest BCUT2D eigenvalue weighted by atomic mass is 10.0. The highest BCUT2D eigenvalue weighted by atomic mass is 19.4. The Morgan fingerprint density at radius 3 is 2.35 bits per heavy atom. The molecule has 0 bridgehead atoms. The quantitative estimate of drug-likeness (QED) is 0.821. The first-order valence-electron chi connectivity index (χ1n) is 8.27. The fourth-order valence-electron chi connectivity index (χ4n) is 3.60. The van der Waals surface area contributed by atoms with Gasteiger partial charge in [-0.1, -0.05) is 44.2 Å². The lowest BCUT2D eigenvalue weighted by Crippen LogP contribution is -2.18. The van der Waals surface area contributed by atoms with Crippen LogP contribution >= 0.6 is 0 Å². The van der Waals surface area contributed by atoms with Crippen LogP contribution in [0.15, 0.2) is 48.5 Å². The minimum absolute atomic E-state index is 0.0282. The average molecular weight is 363 g/mol. The van der Waals surface area contributed by atoms with E-state index >= 15 is 0 Å². The zero-order valence-electron chi connectivity index (χ0n) is 14.7. The molecule has 0 aromatic heterocycles. The highest BCUT2D eigenvalue weighted by Crippen LogP contribution is 2.64. The van der Waals surface area contributed by atoms with Crippen molar-refractivity contribution in [2.24, 2.45) is 11.3 Å². The molecule has 1 aliphatic carbocycles. The van der Waals surface area contributed by atoms with Crippen LogP contribution in [0.5, 0.6) is 5.75 Å². The minimum atomic E-state index is -4.49. The molecule has 3 rings (SSSR count). The third-order valence-electron chi connectivity index (χ3n) is 5.05. The molecule has 1 fully saturated rings. The first kappa shape index (κ1) is 18.3. The Hall–Kier alpha value is -2.50. The fraction of sp³-hybridized carbons (Fsp3) is 0.350. The molecule has 1 saturated carbocycles. The molecule has 26 heavy (non-hydrogen) atoms. The SMILES string of the molecule is COc1ccc(C(F)(F)F)cc1NC(=O)[C@H]1[C@H](c2ccccc2)C1(C)C. The zero-order valence-corrected chi connectivity index (χ0v) is 14.7. The van der Waals surface area contributed by atoms with Crippen molar-refractivity contribution in [2.75, 3.05) is 12.4 Å². The Bertz CT molecular complexity index is 816. The zero-order chi connectivity index (χ0) is 19.1. The molecule has 1 aliphatic rings. The van der Waals surface area contributed by atoms with Crippen LogP contribution in [0, 0.1) is 11.3 Å². The highest BCUT2D eigenvalue weighted by molar-refractivity contribution is 5.97. The number of hydrogen-bond donors (Lipinski definition) is 1. The molecule has 6 heteroatoms. The van der Waals surface area contributed by atoms with Crippen molar-refractivity contribution in [3.8, 4) is 5.75 Å². The largest absolute Gasteiger partial charge is 0.495 e. The fourth-order valence-corrected chi connectivity index (χ4v) is 3.60. The van der Waals surface area contributed by atoms with Crippen molar-refractivity contribution in [3.63, 3.8) is 0 Å². The predicted octanol–water partition coefficient (Wildman–Crippen LogP) is 5.09. The maximum atomic E-state index is 13.0. The summed E-state index contributed by atoms with van der Waals surface area (Å²) < 4.78 is 44.0. The van der Waals surface area contributed by atoms with Crippen molar-refractivity contribution in [2.45, 2.75) is 25.9 Å². The van der Waals surface area contributed by atoms with E-state index in [1.54, 1.807) is 0 Å². The van der Waals surface area contributed by atoms with Gasteiger partial charge < -0.3 is 10.1 Å². The molecule has 0 radical (unpaired) electrons. The standard InChI is InChI=1S/C20H20F3NO2/c1-19(2)16(12-7-5-4-6-8-12)17(19)18(25)24-14-11-13(20(21,22)23)9-10-15(14)26-3/h4-11,16-17H,1-3H3,(H,24,25)/t16-,17+/m0/s1. The third-order valence-corrected chi connectivity index (χ3v) is 5.05. The molecule has 1 N–H and O–H groups in total. The van der Waals surface area contributed by atoms with Crippen molar-refractivity contribution in [3.05, 3.63) is 59.7 Å². The number of benzene rings is 2. The van der Waals surface area contributed by atoms with Gasteiger partial charge in [0, 0.05) is 5.92 Å². The van der Waals surface area contributed by atoms with Gasteiger partial charge in [-0.05, 0) is 29.2 Å². The van der Waals surface area contributed by atoms with Gasteiger partial charge >= 0.3 is 6.18 Å². The topological polar surface area (TPSA) is 38.3 Å². The van der Waals surface area contributed by atoms with E-state index < -0.39 is 11.7 Å². The molecular weight excluding hydrogens is 343 g/mol. The Morgan fingerprint density at radius 1 is 1.12 bits per heavy atom. The highest BCUT2D eigenvalue weighted by Gasteiger charge is 2.62. The van der Waals surface area contributed by atoms with E-state index in [2.05, 4.69) is 5.32 Å². The van der Waals surface area contributed by atoms with E-state index in [-0.39, 0.29) is 34.6 Å². The first-order chi connectivity index (χ1) is 12.2. The predicted molar refractivity (Wildman–Crippen MR) is 93.1 cm³/mol.